The largest absolute Gasteiger partial charge is 0.389 e. The zero-order chi connectivity index (χ0) is 15.8. The van der Waals surface area contributed by atoms with Crippen molar-refractivity contribution in [2.45, 2.75) is 32.6 Å². The number of nitrogens with two attached hydrogens (primary N) is 1. The molecule has 5 nitrogen and oxygen atoms in total. The summed E-state index contributed by atoms with van der Waals surface area (Å²) in [6.45, 7) is 4.63. The molecule has 2 atom stereocenters. The summed E-state index contributed by atoms with van der Waals surface area (Å²) in [4.78, 5) is 11.2. The van der Waals surface area contributed by atoms with Crippen LogP contribution in [0.25, 0.3) is 0 Å². The van der Waals surface area contributed by atoms with Crippen molar-refractivity contribution in [3.05, 3.63) is 34.9 Å². The van der Waals surface area contributed by atoms with E-state index in [-0.39, 0.29) is 19.1 Å². The third-order valence-electron chi connectivity index (χ3n) is 3.04. The Morgan fingerprint density at radius 1 is 1.38 bits per heavy atom. The van der Waals surface area contributed by atoms with Crippen LogP contribution in [0.1, 0.15) is 19.4 Å². The highest BCUT2D eigenvalue weighted by atomic mass is 35.5. The van der Waals surface area contributed by atoms with Crippen LogP contribution in [0.5, 0.6) is 0 Å². The second-order valence-corrected chi connectivity index (χ2v) is 5.76. The Morgan fingerprint density at radius 3 is 2.52 bits per heavy atom. The summed E-state index contributed by atoms with van der Waals surface area (Å²) in [6.07, 6.45) is -0.696. The lowest BCUT2D eigenvalue weighted by molar-refractivity contribution is -0.121. The van der Waals surface area contributed by atoms with Crippen LogP contribution in [-0.2, 0) is 16.1 Å². The van der Waals surface area contributed by atoms with E-state index in [9.17, 15) is 9.90 Å². The predicted octanol–water partition coefficient (Wildman–Crippen LogP) is 1.32. The minimum Gasteiger partial charge on any atom is -0.389 e. The number of ether oxygens (including phenoxy) is 1. The molecular weight excluding hydrogens is 292 g/mol. The van der Waals surface area contributed by atoms with Gasteiger partial charge in [0.15, 0.2) is 0 Å². The maximum atomic E-state index is 11.2. The number of carbonyl (C=O) groups excluding carboxylic acids is 1. The third-order valence-corrected chi connectivity index (χ3v) is 3.29. The number of benzene rings is 1. The Balaban J connectivity index is 2.26. The predicted molar refractivity (Wildman–Crippen MR) is 82.9 cm³/mol. The Kier molecular flexibility index (Phi) is 7.67. The molecule has 0 aliphatic rings. The van der Waals surface area contributed by atoms with Gasteiger partial charge in [-0.3, -0.25) is 4.79 Å². The SMILES string of the molecule is CC(C)C(NCC(O)COCc1ccc(Cl)cc1)C(N)=O. The van der Waals surface area contributed by atoms with Crippen LogP contribution >= 0.6 is 11.6 Å². The summed E-state index contributed by atoms with van der Waals surface area (Å²) in [7, 11) is 0. The second kappa shape index (κ2) is 9.00. The monoisotopic (exact) mass is 314 g/mol. The molecule has 1 aromatic rings. The van der Waals surface area contributed by atoms with Crippen molar-refractivity contribution in [1.82, 2.24) is 5.32 Å². The molecule has 0 fully saturated rings. The molecule has 0 heterocycles. The van der Waals surface area contributed by atoms with Crippen molar-refractivity contribution in [3.8, 4) is 0 Å². The minimum atomic E-state index is -0.696. The Hall–Kier alpha value is -1.14. The topological polar surface area (TPSA) is 84.6 Å². The van der Waals surface area contributed by atoms with Crippen LogP contribution < -0.4 is 11.1 Å². The first-order valence-corrected chi connectivity index (χ1v) is 7.31. The Morgan fingerprint density at radius 2 is 2.00 bits per heavy atom. The van der Waals surface area contributed by atoms with Crippen LogP contribution in [0.15, 0.2) is 24.3 Å². The van der Waals surface area contributed by atoms with Gasteiger partial charge in [-0.1, -0.05) is 37.6 Å². The van der Waals surface area contributed by atoms with E-state index < -0.39 is 18.1 Å². The molecule has 1 rings (SSSR count). The van der Waals surface area contributed by atoms with Gasteiger partial charge >= 0.3 is 0 Å². The van der Waals surface area contributed by atoms with Crippen LogP contribution in [0.3, 0.4) is 0 Å². The van der Waals surface area contributed by atoms with E-state index in [0.717, 1.165) is 5.56 Å². The van der Waals surface area contributed by atoms with Gasteiger partial charge in [-0.2, -0.15) is 0 Å². The van der Waals surface area contributed by atoms with E-state index in [1.165, 1.54) is 0 Å². The quantitative estimate of drug-likeness (QED) is 0.642. The van der Waals surface area contributed by atoms with Gasteiger partial charge in [-0.05, 0) is 23.6 Å². The third kappa shape index (κ3) is 6.91. The number of halogens is 1. The minimum absolute atomic E-state index is 0.0738. The van der Waals surface area contributed by atoms with Gasteiger partial charge in [0.25, 0.3) is 0 Å². The van der Waals surface area contributed by atoms with Gasteiger partial charge in [0.2, 0.25) is 5.91 Å². The molecule has 21 heavy (non-hydrogen) atoms. The number of hydrogen-bond donors (Lipinski definition) is 3. The average Bonchev–Trinajstić information content (AvgIpc) is 2.40. The molecule has 4 N–H and O–H groups in total. The van der Waals surface area contributed by atoms with Crippen molar-refractivity contribution in [3.63, 3.8) is 0 Å². The summed E-state index contributed by atoms with van der Waals surface area (Å²) < 4.78 is 5.43. The van der Waals surface area contributed by atoms with Gasteiger partial charge in [0.05, 0.1) is 25.4 Å². The second-order valence-electron chi connectivity index (χ2n) is 5.33. The van der Waals surface area contributed by atoms with Crippen molar-refractivity contribution in [2.75, 3.05) is 13.2 Å². The first-order valence-electron chi connectivity index (χ1n) is 6.93. The fourth-order valence-electron chi connectivity index (χ4n) is 1.88. The number of aliphatic hydroxyl groups excluding tert-OH is 1. The highest BCUT2D eigenvalue weighted by molar-refractivity contribution is 6.30. The molecule has 0 radical (unpaired) electrons. The van der Waals surface area contributed by atoms with Crippen LogP contribution in [0, 0.1) is 5.92 Å². The molecule has 118 valence electrons. The molecular formula is C15H23ClN2O3. The number of rotatable bonds is 9. The normalized spacial score (nSPS) is 14.1. The molecule has 1 amide bonds. The summed E-state index contributed by atoms with van der Waals surface area (Å²) in [5.74, 6) is -0.344. The Labute approximate surface area is 130 Å². The maximum absolute atomic E-state index is 11.2. The standard InChI is InChI=1S/C15H23ClN2O3/c1-10(2)14(15(17)20)18-7-13(19)9-21-8-11-3-5-12(16)6-4-11/h3-6,10,13-14,18-19H,7-9H2,1-2H3,(H2,17,20). The summed E-state index contributed by atoms with van der Waals surface area (Å²) in [6, 6.07) is 6.87. The highest BCUT2D eigenvalue weighted by Gasteiger charge is 2.19. The first-order chi connectivity index (χ1) is 9.90. The number of carbonyl (C=O) groups is 1. The lowest BCUT2D eigenvalue weighted by atomic mass is 10.0. The number of nitrogens with one attached hydrogen (secondary N) is 1. The van der Waals surface area contributed by atoms with Crippen LogP contribution in [-0.4, -0.2) is 36.3 Å². The van der Waals surface area contributed by atoms with E-state index in [0.29, 0.717) is 11.6 Å². The number of aliphatic hydroxyl groups is 1. The van der Waals surface area contributed by atoms with E-state index >= 15 is 0 Å². The van der Waals surface area contributed by atoms with Crippen molar-refractivity contribution in [1.29, 1.82) is 0 Å². The molecule has 0 bridgehead atoms. The van der Waals surface area contributed by atoms with E-state index in [1.807, 2.05) is 26.0 Å². The molecule has 0 aliphatic heterocycles. The smallest absolute Gasteiger partial charge is 0.234 e. The molecule has 1 aromatic carbocycles. The number of hydrogen-bond acceptors (Lipinski definition) is 4. The van der Waals surface area contributed by atoms with Crippen LogP contribution in [0.2, 0.25) is 5.02 Å². The van der Waals surface area contributed by atoms with Crippen LogP contribution in [0.4, 0.5) is 0 Å². The van der Waals surface area contributed by atoms with Gasteiger partial charge in [-0.15, -0.1) is 0 Å². The molecule has 6 heteroatoms. The lowest BCUT2D eigenvalue weighted by Crippen LogP contribution is -2.48. The number of amides is 1. The van der Waals surface area contributed by atoms with Crippen molar-refractivity contribution < 1.29 is 14.6 Å². The van der Waals surface area contributed by atoms with Gasteiger partial charge in [0, 0.05) is 11.6 Å². The fourth-order valence-corrected chi connectivity index (χ4v) is 2.01. The van der Waals surface area contributed by atoms with E-state index in [2.05, 4.69) is 5.32 Å². The lowest BCUT2D eigenvalue weighted by Gasteiger charge is -2.21. The average molecular weight is 315 g/mol. The maximum Gasteiger partial charge on any atom is 0.234 e. The fraction of sp³-hybridized carbons (Fsp3) is 0.533. The zero-order valence-corrected chi connectivity index (χ0v) is 13.1. The summed E-state index contributed by atoms with van der Waals surface area (Å²) in [5.41, 5.74) is 6.27. The molecule has 0 saturated carbocycles. The molecule has 2 unspecified atom stereocenters. The molecule has 0 aliphatic carbocycles. The first kappa shape index (κ1) is 17.9. The van der Waals surface area contributed by atoms with Crippen molar-refractivity contribution >= 4 is 17.5 Å². The van der Waals surface area contributed by atoms with Gasteiger partial charge in [-0.25, -0.2) is 0 Å². The molecule has 0 saturated heterocycles. The number of primary amides is 1. The van der Waals surface area contributed by atoms with Gasteiger partial charge in [0.1, 0.15) is 0 Å². The van der Waals surface area contributed by atoms with E-state index in [1.54, 1.807) is 12.1 Å². The Bertz CT molecular complexity index is 437. The summed E-state index contributed by atoms with van der Waals surface area (Å²) in [5, 5.41) is 13.5. The van der Waals surface area contributed by atoms with Crippen molar-refractivity contribution in [2.24, 2.45) is 11.7 Å². The van der Waals surface area contributed by atoms with E-state index in [4.69, 9.17) is 22.1 Å². The molecule has 0 spiro atoms. The highest BCUT2D eigenvalue weighted by Crippen LogP contribution is 2.10. The van der Waals surface area contributed by atoms with Gasteiger partial charge < -0.3 is 20.9 Å². The zero-order valence-electron chi connectivity index (χ0n) is 12.4. The summed E-state index contributed by atoms with van der Waals surface area (Å²) >= 11 is 5.79. The molecule has 0 aromatic heterocycles.